The normalized spacial score (nSPS) is 10.8. The summed E-state index contributed by atoms with van der Waals surface area (Å²) in [5, 5.41) is 4.45. The van der Waals surface area contributed by atoms with Crippen molar-refractivity contribution in [2.24, 2.45) is 0 Å². The number of nitrogens with one attached hydrogen (secondary N) is 1. The van der Waals surface area contributed by atoms with Crippen LogP contribution in [0.15, 0.2) is 97.6 Å². The van der Waals surface area contributed by atoms with Gasteiger partial charge in [-0.3, -0.25) is 9.97 Å². The zero-order chi connectivity index (χ0) is 21.6. The molecule has 0 atom stereocenters. The van der Waals surface area contributed by atoms with E-state index in [1.807, 2.05) is 66.9 Å². The highest BCUT2D eigenvalue weighted by atomic mass is 16.5. The Morgan fingerprint density at radius 1 is 0.719 bits per heavy atom. The lowest BCUT2D eigenvalue weighted by molar-refractivity contribution is 0.305. The van der Waals surface area contributed by atoms with Crippen molar-refractivity contribution in [1.29, 1.82) is 0 Å². The van der Waals surface area contributed by atoms with Gasteiger partial charge in [0.1, 0.15) is 18.2 Å². The van der Waals surface area contributed by atoms with E-state index >= 15 is 0 Å². The largest absolute Gasteiger partial charge is 0.489 e. The number of aromatic nitrogens is 4. The first kappa shape index (κ1) is 19.6. The third-order valence-corrected chi connectivity index (χ3v) is 5.03. The molecule has 0 saturated carbocycles. The van der Waals surface area contributed by atoms with Gasteiger partial charge in [-0.25, -0.2) is 9.97 Å². The minimum Gasteiger partial charge on any atom is -0.489 e. The average Bonchev–Trinajstić information content (AvgIpc) is 2.87. The Labute approximate surface area is 186 Å². The number of anilines is 1. The van der Waals surface area contributed by atoms with Gasteiger partial charge in [0.05, 0.1) is 5.52 Å². The van der Waals surface area contributed by atoms with Crippen molar-refractivity contribution in [3.05, 3.63) is 109 Å². The van der Waals surface area contributed by atoms with Crippen molar-refractivity contribution in [1.82, 2.24) is 19.9 Å². The van der Waals surface area contributed by atoms with Gasteiger partial charge in [0.25, 0.3) is 0 Å². The molecule has 0 fully saturated rings. The lowest BCUT2D eigenvalue weighted by Gasteiger charge is -2.12. The van der Waals surface area contributed by atoms with Gasteiger partial charge in [0, 0.05) is 47.8 Å². The van der Waals surface area contributed by atoms with Gasteiger partial charge < -0.3 is 10.1 Å². The van der Waals surface area contributed by atoms with E-state index < -0.39 is 0 Å². The lowest BCUT2D eigenvalue weighted by Crippen LogP contribution is -2.04. The van der Waals surface area contributed by atoms with E-state index in [1.165, 1.54) is 0 Å². The summed E-state index contributed by atoms with van der Waals surface area (Å²) >= 11 is 0. The lowest BCUT2D eigenvalue weighted by atomic mass is 10.2. The van der Waals surface area contributed by atoms with Crippen LogP contribution < -0.4 is 10.1 Å². The molecule has 0 aliphatic rings. The van der Waals surface area contributed by atoms with E-state index in [9.17, 15) is 0 Å². The summed E-state index contributed by atoms with van der Waals surface area (Å²) in [6.07, 6.45) is 7.09. The number of nitrogens with zero attached hydrogens (tertiary/aromatic N) is 4. The van der Waals surface area contributed by atoms with Gasteiger partial charge in [0.15, 0.2) is 5.82 Å². The molecule has 0 aliphatic carbocycles. The molecule has 6 heteroatoms. The molecule has 156 valence electrons. The summed E-state index contributed by atoms with van der Waals surface area (Å²) < 4.78 is 5.85. The van der Waals surface area contributed by atoms with E-state index in [2.05, 4.69) is 27.4 Å². The van der Waals surface area contributed by atoms with Crippen LogP contribution in [0.5, 0.6) is 5.75 Å². The molecule has 0 radical (unpaired) electrons. The topological polar surface area (TPSA) is 72.8 Å². The zero-order valence-electron chi connectivity index (χ0n) is 17.3. The molecule has 0 spiro atoms. The van der Waals surface area contributed by atoms with Crippen LogP contribution in [0.2, 0.25) is 0 Å². The minimum atomic E-state index is 0.496. The highest BCUT2D eigenvalue weighted by Gasteiger charge is 2.09. The van der Waals surface area contributed by atoms with E-state index in [0.717, 1.165) is 39.2 Å². The fraction of sp³-hybridized carbons (Fsp3) is 0.0769. The van der Waals surface area contributed by atoms with Gasteiger partial charge in [-0.15, -0.1) is 0 Å². The second kappa shape index (κ2) is 9.22. The van der Waals surface area contributed by atoms with E-state index in [0.29, 0.717) is 19.0 Å². The highest BCUT2D eigenvalue weighted by molar-refractivity contribution is 5.90. The molecule has 1 N–H and O–H groups in total. The molecule has 0 saturated heterocycles. The maximum absolute atomic E-state index is 5.85. The first-order valence-electron chi connectivity index (χ1n) is 10.4. The molecule has 0 bridgehead atoms. The number of hydrogen-bond acceptors (Lipinski definition) is 6. The molecule has 32 heavy (non-hydrogen) atoms. The summed E-state index contributed by atoms with van der Waals surface area (Å²) in [6.45, 7) is 1.13. The summed E-state index contributed by atoms with van der Waals surface area (Å²) in [7, 11) is 0. The van der Waals surface area contributed by atoms with Gasteiger partial charge in [-0.05, 0) is 48.0 Å². The number of hydrogen-bond donors (Lipinski definition) is 1. The standard InChI is InChI=1S/C26H21N5O/c1-2-8-24-23(7-1)26(31-25(30-24)21-6-4-14-28-17-21)29-16-19-9-11-22(12-10-19)32-18-20-5-3-13-27-15-20/h1-15,17H,16,18H2,(H,29,30,31). The maximum Gasteiger partial charge on any atom is 0.163 e. The summed E-state index contributed by atoms with van der Waals surface area (Å²) in [5.41, 5.74) is 3.95. The molecule has 2 aromatic carbocycles. The van der Waals surface area contributed by atoms with Crippen LogP contribution in [-0.2, 0) is 13.2 Å². The zero-order valence-corrected chi connectivity index (χ0v) is 17.3. The van der Waals surface area contributed by atoms with E-state index in [1.54, 1.807) is 18.6 Å². The molecule has 5 rings (SSSR count). The molecule has 0 unspecified atom stereocenters. The molecule has 3 heterocycles. The van der Waals surface area contributed by atoms with Gasteiger partial charge in [0.2, 0.25) is 0 Å². The average molecular weight is 419 g/mol. The van der Waals surface area contributed by atoms with Crippen molar-refractivity contribution < 1.29 is 4.74 Å². The molecule has 6 nitrogen and oxygen atoms in total. The van der Waals surface area contributed by atoms with Gasteiger partial charge >= 0.3 is 0 Å². The third-order valence-electron chi connectivity index (χ3n) is 5.03. The second-order valence-corrected chi connectivity index (χ2v) is 7.30. The van der Waals surface area contributed by atoms with Crippen molar-refractivity contribution >= 4 is 16.7 Å². The smallest absolute Gasteiger partial charge is 0.163 e. The number of rotatable bonds is 7. The Bertz CT molecular complexity index is 1310. The third kappa shape index (κ3) is 4.54. The van der Waals surface area contributed by atoms with Gasteiger partial charge in [-0.1, -0.05) is 30.3 Å². The SMILES string of the molecule is c1cncc(COc2ccc(CNc3nc(-c4cccnc4)nc4ccccc34)cc2)c1. The highest BCUT2D eigenvalue weighted by Crippen LogP contribution is 2.25. The number of ether oxygens (including phenoxy) is 1. The first-order valence-corrected chi connectivity index (χ1v) is 10.4. The van der Waals surface area contributed by atoms with Crippen LogP contribution in [0.1, 0.15) is 11.1 Å². The van der Waals surface area contributed by atoms with Crippen molar-refractivity contribution in [3.63, 3.8) is 0 Å². The fourth-order valence-corrected chi connectivity index (χ4v) is 3.37. The Hall–Kier alpha value is -4.32. The molecular weight excluding hydrogens is 398 g/mol. The predicted octanol–water partition coefficient (Wildman–Crippen LogP) is 5.28. The number of pyridine rings is 2. The monoisotopic (exact) mass is 419 g/mol. The summed E-state index contributed by atoms with van der Waals surface area (Å²) in [4.78, 5) is 17.8. The molecule has 0 amide bonds. The van der Waals surface area contributed by atoms with Crippen LogP contribution in [0.4, 0.5) is 5.82 Å². The van der Waals surface area contributed by atoms with Gasteiger partial charge in [-0.2, -0.15) is 0 Å². The van der Waals surface area contributed by atoms with Crippen LogP contribution in [-0.4, -0.2) is 19.9 Å². The number of para-hydroxylation sites is 1. The fourth-order valence-electron chi connectivity index (χ4n) is 3.37. The molecule has 5 aromatic rings. The summed E-state index contributed by atoms with van der Waals surface area (Å²) in [5.74, 6) is 2.27. The van der Waals surface area contributed by atoms with E-state index in [-0.39, 0.29) is 0 Å². The molecular formula is C26H21N5O. The van der Waals surface area contributed by atoms with E-state index in [4.69, 9.17) is 14.7 Å². The number of fused-ring (bicyclic) bond motifs is 1. The van der Waals surface area contributed by atoms with Crippen LogP contribution in [0, 0.1) is 0 Å². The Morgan fingerprint density at radius 3 is 2.31 bits per heavy atom. The van der Waals surface area contributed by atoms with Crippen LogP contribution in [0.25, 0.3) is 22.3 Å². The number of benzene rings is 2. The molecule has 3 aromatic heterocycles. The molecule has 0 aliphatic heterocycles. The Kier molecular flexibility index (Phi) is 5.66. The van der Waals surface area contributed by atoms with Crippen molar-refractivity contribution in [2.75, 3.05) is 5.32 Å². The van der Waals surface area contributed by atoms with Crippen LogP contribution >= 0.6 is 0 Å². The summed E-state index contributed by atoms with van der Waals surface area (Å²) in [6, 6.07) is 23.8. The predicted molar refractivity (Wildman–Crippen MR) is 125 cm³/mol. The van der Waals surface area contributed by atoms with Crippen LogP contribution in [0.3, 0.4) is 0 Å². The Balaban J connectivity index is 1.31. The Morgan fingerprint density at radius 2 is 1.53 bits per heavy atom. The van der Waals surface area contributed by atoms with Crippen molar-refractivity contribution in [2.45, 2.75) is 13.2 Å². The van der Waals surface area contributed by atoms with Crippen molar-refractivity contribution in [3.8, 4) is 17.1 Å². The second-order valence-electron chi connectivity index (χ2n) is 7.30. The quantitative estimate of drug-likeness (QED) is 0.387. The maximum atomic E-state index is 5.85. The first-order chi connectivity index (χ1) is 15.8. The minimum absolute atomic E-state index is 0.496.